The summed E-state index contributed by atoms with van der Waals surface area (Å²) in [4.78, 5) is 12.4. The monoisotopic (exact) mass is 438 g/mol. The lowest BCUT2D eigenvalue weighted by Gasteiger charge is -2.15. The van der Waals surface area contributed by atoms with Crippen molar-refractivity contribution in [2.75, 3.05) is 14.1 Å². The number of nitrogens with one attached hydrogen (secondary N) is 1. The summed E-state index contributed by atoms with van der Waals surface area (Å²) in [7, 11) is -0.425. The van der Waals surface area contributed by atoms with Gasteiger partial charge in [0.2, 0.25) is 15.9 Å². The lowest BCUT2D eigenvalue weighted by molar-refractivity contribution is -0.121. The maximum Gasteiger partial charge on any atom is 0.242 e. The highest BCUT2D eigenvalue weighted by Crippen LogP contribution is 2.18. The van der Waals surface area contributed by atoms with Gasteiger partial charge in [0.05, 0.1) is 10.9 Å². The first kappa shape index (κ1) is 20.6. The predicted molar refractivity (Wildman–Crippen MR) is 106 cm³/mol. The maximum atomic E-state index is 12.2. The minimum atomic E-state index is -3.42. The van der Waals surface area contributed by atoms with Crippen molar-refractivity contribution in [3.63, 3.8) is 0 Å². The van der Waals surface area contributed by atoms with Crippen molar-refractivity contribution in [3.05, 3.63) is 64.1 Å². The van der Waals surface area contributed by atoms with Gasteiger partial charge in [-0.05, 0) is 48.7 Å². The zero-order valence-electron chi connectivity index (χ0n) is 15.1. The van der Waals surface area contributed by atoms with Crippen LogP contribution in [0.15, 0.2) is 57.9 Å². The highest BCUT2D eigenvalue weighted by Gasteiger charge is 2.16. The molecule has 2 aromatic rings. The summed E-state index contributed by atoms with van der Waals surface area (Å²) in [5.41, 5.74) is 1.96. The van der Waals surface area contributed by atoms with Crippen LogP contribution < -0.4 is 5.32 Å². The van der Waals surface area contributed by atoms with Crippen LogP contribution in [0.5, 0.6) is 0 Å². The summed E-state index contributed by atoms with van der Waals surface area (Å²) < 4.78 is 26.3. The van der Waals surface area contributed by atoms with Gasteiger partial charge in [-0.1, -0.05) is 40.2 Å². The van der Waals surface area contributed by atoms with E-state index in [1.165, 1.54) is 18.4 Å². The van der Waals surface area contributed by atoms with E-state index in [2.05, 4.69) is 21.2 Å². The SMILES string of the molecule is CC(NC(=O)CCc1ccc(S(=O)(=O)N(C)C)cc1)c1cccc(Br)c1. The number of amides is 1. The van der Waals surface area contributed by atoms with Gasteiger partial charge in [0.25, 0.3) is 0 Å². The highest BCUT2D eigenvalue weighted by molar-refractivity contribution is 9.10. The van der Waals surface area contributed by atoms with Gasteiger partial charge in [0.15, 0.2) is 0 Å². The van der Waals surface area contributed by atoms with Crippen LogP contribution in [-0.2, 0) is 21.2 Å². The number of nitrogens with zero attached hydrogens (tertiary/aromatic N) is 1. The second-order valence-electron chi connectivity index (χ2n) is 6.28. The molecule has 0 bridgehead atoms. The zero-order chi connectivity index (χ0) is 19.3. The molecular formula is C19H23BrN2O3S. The van der Waals surface area contributed by atoms with E-state index in [9.17, 15) is 13.2 Å². The molecule has 1 atom stereocenters. The largest absolute Gasteiger partial charge is 0.350 e. The van der Waals surface area contributed by atoms with Gasteiger partial charge in [-0.15, -0.1) is 0 Å². The summed E-state index contributed by atoms with van der Waals surface area (Å²) in [5.74, 6) is -0.0394. The molecule has 0 radical (unpaired) electrons. The highest BCUT2D eigenvalue weighted by atomic mass is 79.9. The Morgan fingerprint density at radius 3 is 2.38 bits per heavy atom. The lowest BCUT2D eigenvalue weighted by Crippen LogP contribution is -2.26. The zero-order valence-corrected chi connectivity index (χ0v) is 17.5. The Kier molecular flexibility index (Phi) is 6.97. The molecule has 0 aliphatic heterocycles. The van der Waals surface area contributed by atoms with E-state index in [0.29, 0.717) is 12.8 Å². The van der Waals surface area contributed by atoms with Crippen molar-refractivity contribution < 1.29 is 13.2 Å². The number of aryl methyl sites for hydroxylation is 1. The number of rotatable bonds is 7. The fourth-order valence-corrected chi connectivity index (χ4v) is 3.79. The Morgan fingerprint density at radius 2 is 1.81 bits per heavy atom. The minimum absolute atomic E-state index is 0.0394. The fourth-order valence-electron chi connectivity index (χ4n) is 2.47. The topological polar surface area (TPSA) is 66.5 Å². The Hall–Kier alpha value is -1.70. The van der Waals surface area contributed by atoms with Crippen LogP contribution >= 0.6 is 15.9 Å². The van der Waals surface area contributed by atoms with Gasteiger partial charge in [-0.3, -0.25) is 4.79 Å². The molecule has 140 valence electrons. The van der Waals surface area contributed by atoms with Crippen molar-refractivity contribution in [1.82, 2.24) is 9.62 Å². The van der Waals surface area contributed by atoms with Gasteiger partial charge in [-0.2, -0.15) is 0 Å². The molecule has 2 aromatic carbocycles. The summed E-state index contributed by atoms with van der Waals surface area (Å²) in [6, 6.07) is 14.4. The molecule has 7 heteroatoms. The summed E-state index contributed by atoms with van der Waals surface area (Å²) in [6.07, 6.45) is 0.900. The van der Waals surface area contributed by atoms with Crippen LogP contribution in [0.1, 0.15) is 30.5 Å². The second-order valence-corrected chi connectivity index (χ2v) is 9.34. The van der Waals surface area contributed by atoms with E-state index in [1.807, 2.05) is 31.2 Å². The molecule has 0 fully saturated rings. The van der Waals surface area contributed by atoms with E-state index in [-0.39, 0.29) is 16.8 Å². The molecule has 0 aliphatic rings. The number of carbonyl (C=O) groups is 1. The molecule has 0 saturated carbocycles. The second kappa shape index (κ2) is 8.79. The van der Waals surface area contributed by atoms with Gasteiger partial charge < -0.3 is 5.32 Å². The number of hydrogen-bond acceptors (Lipinski definition) is 3. The quantitative estimate of drug-likeness (QED) is 0.718. The van der Waals surface area contributed by atoms with Crippen LogP contribution in [0.3, 0.4) is 0 Å². The number of hydrogen-bond donors (Lipinski definition) is 1. The third-order valence-corrected chi connectivity index (χ3v) is 6.39. The number of sulfonamides is 1. The average Bonchev–Trinajstić information content (AvgIpc) is 2.60. The normalized spacial score (nSPS) is 12.8. The molecule has 0 spiro atoms. The Labute approximate surface area is 163 Å². The first-order chi connectivity index (χ1) is 12.2. The average molecular weight is 439 g/mol. The van der Waals surface area contributed by atoms with Gasteiger partial charge in [0, 0.05) is 25.0 Å². The van der Waals surface area contributed by atoms with Crippen molar-refractivity contribution in [2.45, 2.75) is 30.7 Å². The fraction of sp³-hybridized carbons (Fsp3) is 0.316. The van der Waals surface area contributed by atoms with Crippen LogP contribution in [0, 0.1) is 0 Å². The predicted octanol–water partition coefficient (Wildman–Crippen LogP) is 3.51. The molecule has 1 N–H and O–H groups in total. The Balaban J connectivity index is 1.91. The molecule has 2 rings (SSSR count). The van der Waals surface area contributed by atoms with Crippen LogP contribution in [0.4, 0.5) is 0 Å². The molecule has 0 heterocycles. The standard InChI is InChI=1S/C19H23BrN2O3S/c1-14(16-5-4-6-17(20)13-16)21-19(23)12-9-15-7-10-18(11-8-15)26(24,25)22(2)3/h4-8,10-11,13-14H,9,12H2,1-3H3,(H,21,23). The summed E-state index contributed by atoms with van der Waals surface area (Å²) in [5, 5.41) is 2.98. The van der Waals surface area contributed by atoms with Crippen molar-refractivity contribution in [3.8, 4) is 0 Å². The third-order valence-electron chi connectivity index (χ3n) is 4.07. The summed E-state index contributed by atoms with van der Waals surface area (Å²) in [6.45, 7) is 1.95. The summed E-state index contributed by atoms with van der Waals surface area (Å²) >= 11 is 3.43. The third kappa shape index (κ3) is 5.40. The number of halogens is 1. The van der Waals surface area contributed by atoms with E-state index in [4.69, 9.17) is 0 Å². The smallest absolute Gasteiger partial charge is 0.242 e. The molecule has 0 aromatic heterocycles. The van der Waals surface area contributed by atoms with Crippen molar-refractivity contribution in [2.24, 2.45) is 0 Å². The molecule has 26 heavy (non-hydrogen) atoms. The molecular weight excluding hydrogens is 416 g/mol. The van der Waals surface area contributed by atoms with E-state index >= 15 is 0 Å². The van der Waals surface area contributed by atoms with Crippen LogP contribution in [0.25, 0.3) is 0 Å². The molecule has 1 amide bonds. The Bertz CT molecular complexity index is 865. The Morgan fingerprint density at radius 1 is 1.15 bits per heavy atom. The van der Waals surface area contributed by atoms with E-state index < -0.39 is 10.0 Å². The van der Waals surface area contributed by atoms with Gasteiger partial charge >= 0.3 is 0 Å². The van der Waals surface area contributed by atoms with Crippen molar-refractivity contribution >= 4 is 31.9 Å². The first-order valence-electron chi connectivity index (χ1n) is 8.26. The van der Waals surface area contributed by atoms with Crippen molar-refractivity contribution in [1.29, 1.82) is 0 Å². The molecule has 1 unspecified atom stereocenters. The number of carbonyl (C=O) groups excluding carboxylic acids is 1. The lowest BCUT2D eigenvalue weighted by atomic mass is 10.1. The minimum Gasteiger partial charge on any atom is -0.350 e. The first-order valence-corrected chi connectivity index (χ1v) is 10.5. The number of benzene rings is 2. The van der Waals surface area contributed by atoms with E-state index in [1.54, 1.807) is 24.3 Å². The van der Waals surface area contributed by atoms with Crippen LogP contribution in [0.2, 0.25) is 0 Å². The molecule has 0 saturated heterocycles. The van der Waals surface area contributed by atoms with Crippen LogP contribution in [-0.4, -0.2) is 32.7 Å². The maximum absolute atomic E-state index is 12.2. The molecule has 5 nitrogen and oxygen atoms in total. The van der Waals surface area contributed by atoms with Gasteiger partial charge in [0.1, 0.15) is 0 Å². The molecule has 0 aliphatic carbocycles. The van der Waals surface area contributed by atoms with E-state index in [0.717, 1.165) is 15.6 Å². The van der Waals surface area contributed by atoms with Gasteiger partial charge in [-0.25, -0.2) is 12.7 Å².